The minimum atomic E-state index is 0.381. The molecule has 4 nitrogen and oxygen atoms in total. The molecule has 0 saturated heterocycles. The van der Waals surface area contributed by atoms with E-state index in [1.165, 1.54) is 0 Å². The normalized spacial score (nSPS) is 10.5. The Morgan fingerprint density at radius 2 is 1.93 bits per heavy atom. The van der Waals surface area contributed by atoms with Crippen molar-refractivity contribution in [2.24, 2.45) is 0 Å². The van der Waals surface area contributed by atoms with E-state index in [1.807, 2.05) is 24.6 Å². The van der Waals surface area contributed by atoms with E-state index in [9.17, 15) is 0 Å². The largest absolute Gasteiger partial charge is 0.477 e. The Morgan fingerprint density at radius 1 is 1.13 bits per heavy atom. The van der Waals surface area contributed by atoms with Crippen molar-refractivity contribution in [2.75, 3.05) is 13.2 Å². The predicted molar refractivity (Wildman–Crippen MR) is 59.8 cm³/mol. The lowest BCUT2D eigenvalue weighted by atomic mass is 10.4. The van der Waals surface area contributed by atoms with Gasteiger partial charge in [0.1, 0.15) is 0 Å². The van der Waals surface area contributed by atoms with Crippen molar-refractivity contribution in [1.82, 2.24) is 9.97 Å². The van der Waals surface area contributed by atoms with E-state index in [0.717, 1.165) is 10.9 Å². The number of nitrogens with zero attached hydrogens (tertiary/aromatic N) is 2. The zero-order valence-corrected chi connectivity index (χ0v) is 9.50. The number of hydrogen-bond acceptors (Lipinski definition) is 5. The first kappa shape index (κ1) is 10.2. The minimum absolute atomic E-state index is 0.381. The molecule has 5 heteroatoms. The summed E-state index contributed by atoms with van der Waals surface area (Å²) in [4.78, 5) is 8.47. The van der Waals surface area contributed by atoms with E-state index in [0.29, 0.717) is 25.1 Å². The SMILES string of the molecule is CCOc1nc(OCC)c2cscc2n1. The second-order valence-corrected chi connectivity index (χ2v) is 3.59. The van der Waals surface area contributed by atoms with Crippen LogP contribution in [0.25, 0.3) is 10.9 Å². The van der Waals surface area contributed by atoms with Crippen LogP contribution in [0.3, 0.4) is 0 Å². The molecule has 0 bridgehead atoms. The van der Waals surface area contributed by atoms with E-state index in [2.05, 4.69) is 9.97 Å². The Labute approximate surface area is 91.9 Å². The van der Waals surface area contributed by atoms with Crippen LogP contribution in [0, 0.1) is 0 Å². The maximum absolute atomic E-state index is 5.44. The van der Waals surface area contributed by atoms with Crippen LogP contribution in [0.1, 0.15) is 13.8 Å². The summed E-state index contributed by atoms with van der Waals surface area (Å²) in [6.45, 7) is 4.98. The van der Waals surface area contributed by atoms with Crippen molar-refractivity contribution in [3.05, 3.63) is 10.8 Å². The van der Waals surface area contributed by atoms with Gasteiger partial charge >= 0.3 is 6.01 Å². The molecule has 0 fully saturated rings. The maximum Gasteiger partial charge on any atom is 0.320 e. The Kier molecular flexibility index (Phi) is 3.01. The Hall–Kier alpha value is -1.36. The summed E-state index contributed by atoms with van der Waals surface area (Å²) in [5.74, 6) is 0.604. The van der Waals surface area contributed by atoms with Crippen LogP contribution in [0.15, 0.2) is 10.8 Å². The zero-order chi connectivity index (χ0) is 10.7. The van der Waals surface area contributed by atoms with Crippen LogP contribution >= 0.6 is 11.3 Å². The standard InChI is InChI=1S/C10H12N2O2S/c1-3-13-9-7-5-15-6-8(7)11-10(12-9)14-4-2/h5-6H,3-4H2,1-2H3. The molecule has 15 heavy (non-hydrogen) atoms. The average molecular weight is 224 g/mol. The molecule has 2 rings (SSSR count). The zero-order valence-electron chi connectivity index (χ0n) is 8.69. The first-order valence-electron chi connectivity index (χ1n) is 4.84. The van der Waals surface area contributed by atoms with Gasteiger partial charge in [-0.15, -0.1) is 11.3 Å². The van der Waals surface area contributed by atoms with E-state index in [4.69, 9.17) is 9.47 Å². The monoisotopic (exact) mass is 224 g/mol. The number of ether oxygens (including phenoxy) is 2. The van der Waals surface area contributed by atoms with Crippen LogP contribution in [-0.4, -0.2) is 23.2 Å². The van der Waals surface area contributed by atoms with Gasteiger partial charge in [-0.1, -0.05) is 0 Å². The number of aromatic nitrogens is 2. The molecule has 0 aliphatic rings. The van der Waals surface area contributed by atoms with Crippen LogP contribution in [0.2, 0.25) is 0 Å². The lowest BCUT2D eigenvalue weighted by molar-refractivity contribution is 0.293. The lowest BCUT2D eigenvalue weighted by Gasteiger charge is -2.06. The summed E-state index contributed by atoms with van der Waals surface area (Å²) in [7, 11) is 0. The first-order chi connectivity index (χ1) is 7.35. The summed E-state index contributed by atoms with van der Waals surface area (Å²) < 4.78 is 10.7. The third kappa shape index (κ3) is 2.02. The van der Waals surface area contributed by atoms with Crippen molar-refractivity contribution in [3.63, 3.8) is 0 Å². The van der Waals surface area contributed by atoms with Gasteiger partial charge < -0.3 is 9.47 Å². The van der Waals surface area contributed by atoms with Crippen LogP contribution < -0.4 is 9.47 Å². The molecule has 2 heterocycles. The fraction of sp³-hybridized carbons (Fsp3) is 0.400. The lowest BCUT2D eigenvalue weighted by Crippen LogP contribution is -2.01. The van der Waals surface area contributed by atoms with E-state index in [-0.39, 0.29) is 0 Å². The van der Waals surface area contributed by atoms with Gasteiger partial charge in [0.2, 0.25) is 5.88 Å². The Bertz CT molecular complexity index is 456. The minimum Gasteiger partial charge on any atom is -0.477 e. The van der Waals surface area contributed by atoms with Crippen molar-refractivity contribution >= 4 is 22.2 Å². The van der Waals surface area contributed by atoms with Gasteiger partial charge in [0.05, 0.1) is 24.1 Å². The quantitative estimate of drug-likeness (QED) is 0.800. The molecule has 2 aromatic heterocycles. The fourth-order valence-corrected chi connectivity index (χ4v) is 1.99. The highest BCUT2D eigenvalue weighted by molar-refractivity contribution is 7.09. The summed E-state index contributed by atoms with van der Waals surface area (Å²) in [6, 6.07) is 0.381. The van der Waals surface area contributed by atoms with Gasteiger partial charge in [0.15, 0.2) is 0 Å². The van der Waals surface area contributed by atoms with Gasteiger partial charge in [-0.3, -0.25) is 0 Å². The second-order valence-electron chi connectivity index (χ2n) is 2.85. The number of hydrogen-bond donors (Lipinski definition) is 0. The molecule has 0 aliphatic carbocycles. The van der Waals surface area contributed by atoms with Gasteiger partial charge in [-0.05, 0) is 13.8 Å². The Balaban J connectivity index is 2.48. The van der Waals surface area contributed by atoms with Crippen LogP contribution in [0.5, 0.6) is 11.9 Å². The molecule has 2 aromatic rings. The highest BCUT2D eigenvalue weighted by Gasteiger charge is 2.09. The molecule has 0 amide bonds. The summed E-state index contributed by atoms with van der Waals surface area (Å²) in [5.41, 5.74) is 0.877. The van der Waals surface area contributed by atoms with Gasteiger partial charge in [-0.2, -0.15) is 9.97 Å². The van der Waals surface area contributed by atoms with E-state index >= 15 is 0 Å². The molecular formula is C10H12N2O2S. The maximum atomic E-state index is 5.44. The topological polar surface area (TPSA) is 44.2 Å². The molecule has 0 saturated carbocycles. The van der Waals surface area contributed by atoms with Crippen molar-refractivity contribution in [2.45, 2.75) is 13.8 Å². The Morgan fingerprint density at radius 3 is 2.67 bits per heavy atom. The highest BCUT2D eigenvalue weighted by atomic mass is 32.1. The summed E-state index contributed by atoms with van der Waals surface area (Å²) >= 11 is 1.58. The number of thiophene rings is 1. The van der Waals surface area contributed by atoms with Crippen molar-refractivity contribution in [3.8, 4) is 11.9 Å². The van der Waals surface area contributed by atoms with Crippen molar-refractivity contribution in [1.29, 1.82) is 0 Å². The molecule has 0 radical (unpaired) electrons. The summed E-state index contributed by atoms with van der Waals surface area (Å²) in [5, 5.41) is 4.89. The molecule has 80 valence electrons. The average Bonchev–Trinajstić information content (AvgIpc) is 2.67. The highest BCUT2D eigenvalue weighted by Crippen LogP contribution is 2.27. The molecule has 0 unspecified atom stereocenters. The van der Waals surface area contributed by atoms with Crippen LogP contribution in [0.4, 0.5) is 0 Å². The predicted octanol–water partition coefficient (Wildman–Crippen LogP) is 2.49. The van der Waals surface area contributed by atoms with Gasteiger partial charge in [-0.25, -0.2) is 0 Å². The number of rotatable bonds is 4. The third-order valence-electron chi connectivity index (χ3n) is 1.84. The third-order valence-corrected chi connectivity index (χ3v) is 2.57. The number of fused-ring (bicyclic) bond motifs is 1. The summed E-state index contributed by atoms with van der Waals surface area (Å²) in [6.07, 6.45) is 0. The molecule has 0 spiro atoms. The molecule has 0 N–H and O–H groups in total. The smallest absolute Gasteiger partial charge is 0.320 e. The molecule has 0 aliphatic heterocycles. The fourth-order valence-electron chi connectivity index (χ4n) is 1.25. The molecule has 0 aromatic carbocycles. The second kappa shape index (κ2) is 4.44. The van der Waals surface area contributed by atoms with Crippen molar-refractivity contribution < 1.29 is 9.47 Å². The van der Waals surface area contributed by atoms with E-state index in [1.54, 1.807) is 11.3 Å². The van der Waals surface area contributed by atoms with E-state index < -0.39 is 0 Å². The molecular weight excluding hydrogens is 212 g/mol. The van der Waals surface area contributed by atoms with Crippen LogP contribution in [-0.2, 0) is 0 Å². The molecule has 0 atom stereocenters. The van der Waals surface area contributed by atoms with Gasteiger partial charge in [0, 0.05) is 10.8 Å². The van der Waals surface area contributed by atoms with Gasteiger partial charge in [0.25, 0.3) is 0 Å². The first-order valence-corrected chi connectivity index (χ1v) is 5.79.